The van der Waals surface area contributed by atoms with Gasteiger partial charge in [0.05, 0.1) is 0 Å². The number of nitrogens with one attached hydrogen (secondary N) is 2. The fourth-order valence-corrected chi connectivity index (χ4v) is 2.77. The van der Waals surface area contributed by atoms with E-state index in [-0.39, 0.29) is 16.8 Å². The van der Waals surface area contributed by atoms with Crippen molar-refractivity contribution in [1.82, 2.24) is 5.32 Å². The lowest BCUT2D eigenvalue weighted by atomic mass is 10.2. The first-order valence-corrected chi connectivity index (χ1v) is 8.87. The minimum absolute atomic E-state index is 0.00373. The summed E-state index contributed by atoms with van der Waals surface area (Å²) >= 11 is 12.0. The Bertz CT molecular complexity index is 804. The van der Waals surface area contributed by atoms with Gasteiger partial charge in [0.1, 0.15) is 17.3 Å². The zero-order chi connectivity index (χ0) is 18.4. The fourth-order valence-electron chi connectivity index (χ4n) is 1.98. The predicted octanol–water partition coefficient (Wildman–Crippen LogP) is 3.73. The van der Waals surface area contributed by atoms with Gasteiger partial charge in [0.15, 0.2) is 10.3 Å². The van der Waals surface area contributed by atoms with Crippen molar-refractivity contribution >= 4 is 45.9 Å². The van der Waals surface area contributed by atoms with E-state index in [9.17, 15) is 4.39 Å². The SMILES string of the molecule is N=C(N)SCc1ccc(Cl)cc1Oc1ccc(F)cc1CNC(N)=S. The van der Waals surface area contributed by atoms with Gasteiger partial charge < -0.3 is 21.5 Å². The van der Waals surface area contributed by atoms with Crippen molar-refractivity contribution in [2.24, 2.45) is 11.5 Å². The average molecular weight is 399 g/mol. The summed E-state index contributed by atoms with van der Waals surface area (Å²) in [4.78, 5) is 0. The normalized spacial score (nSPS) is 10.3. The molecule has 0 aliphatic rings. The zero-order valence-electron chi connectivity index (χ0n) is 13.0. The lowest BCUT2D eigenvalue weighted by Gasteiger charge is -2.15. The van der Waals surface area contributed by atoms with Crippen molar-refractivity contribution in [3.05, 3.63) is 58.4 Å². The van der Waals surface area contributed by atoms with Gasteiger partial charge in [0.25, 0.3) is 0 Å². The molecule has 2 rings (SSSR count). The maximum Gasteiger partial charge on any atom is 0.163 e. The Morgan fingerprint density at radius 3 is 2.64 bits per heavy atom. The maximum absolute atomic E-state index is 13.6. The van der Waals surface area contributed by atoms with Crippen LogP contribution in [0.1, 0.15) is 11.1 Å². The minimum Gasteiger partial charge on any atom is -0.457 e. The van der Waals surface area contributed by atoms with E-state index in [2.05, 4.69) is 5.32 Å². The third-order valence-electron chi connectivity index (χ3n) is 3.11. The first-order valence-electron chi connectivity index (χ1n) is 7.10. The van der Waals surface area contributed by atoms with Gasteiger partial charge in [-0.3, -0.25) is 5.41 Å². The first kappa shape index (κ1) is 19.3. The van der Waals surface area contributed by atoms with Crippen LogP contribution >= 0.6 is 35.6 Å². The number of nitrogens with two attached hydrogens (primary N) is 2. The van der Waals surface area contributed by atoms with Crippen LogP contribution in [-0.2, 0) is 12.3 Å². The third-order valence-corrected chi connectivity index (χ3v) is 4.25. The Hall–Kier alpha value is -2.03. The molecule has 25 heavy (non-hydrogen) atoms. The van der Waals surface area contributed by atoms with Crippen LogP contribution in [0.25, 0.3) is 0 Å². The fraction of sp³-hybridized carbons (Fsp3) is 0.125. The molecule has 6 N–H and O–H groups in total. The van der Waals surface area contributed by atoms with Gasteiger partial charge in [-0.2, -0.15) is 0 Å². The molecule has 0 unspecified atom stereocenters. The molecule has 2 aromatic rings. The molecule has 0 aliphatic carbocycles. The summed E-state index contributed by atoms with van der Waals surface area (Å²) in [6.07, 6.45) is 0. The molecule has 0 fully saturated rings. The van der Waals surface area contributed by atoms with Crippen LogP contribution < -0.4 is 21.5 Å². The van der Waals surface area contributed by atoms with Crippen LogP contribution in [0.4, 0.5) is 4.39 Å². The van der Waals surface area contributed by atoms with E-state index >= 15 is 0 Å². The smallest absolute Gasteiger partial charge is 0.163 e. The van der Waals surface area contributed by atoms with E-state index in [1.54, 1.807) is 18.2 Å². The Morgan fingerprint density at radius 1 is 1.20 bits per heavy atom. The second kappa shape index (κ2) is 8.89. The van der Waals surface area contributed by atoms with Crippen molar-refractivity contribution in [3.63, 3.8) is 0 Å². The number of hydrogen-bond donors (Lipinski definition) is 4. The lowest BCUT2D eigenvalue weighted by Crippen LogP contribution is -2.28. The number of thioether (sulfide) groups is 1. The van der Waals surface area contributed by atoms with E-state index in [1.165, 1.54) is 30.0 Å². The second-order valence-corrected chi connectivity index (χ2v) is 6.87. The molecule has 0 heterocycles. The molecule has 2 aromatic carbocycles. The zero-order valence-corrected chi connectivity index (χ0v) is 15.4. The summed E-state index contributed by atoms with van der Waals surface area (Å²) in [5, 5.41) is 10.7. The van der Waals surface area contributed by atoms with E-state index in [4.69, 9.17) is 45.4 Å². The average Bonchev–Trinajstić information content (AvgIpc) is 2.54. The van der Waals surface area contributed by atoms with E-state index in [0.29, 0.717) is 27.8 Å². The lowest BCUT2D eigenvalue weighted by molar-refractivity contribution is 0.469. The number of rotatable bonds is 6. The van der Waals surface area contributed by atoms with Crippen molar-refractivity contribution in [3.8, 4) is 11.5 Å². The first-order chi connectivity index (χ1) is 11.8. The van der Waals surface area contributed by atoms with Crippen molar-refractivity contribution in [2.45, 2.75) is 12.3 Å². The number of halogens is 2. The molecule has 5 nitrogen and oxygen atoms in total. The van der Waals surface area contributed by atoms with E-state index in [0.717, 1.165) is 5.56 Å². The van der Waals surface area contributed by atoms with E-state index in [1.807, 2.05) is 0 Å². The molecule has 0 saturated carbocycles. The monoisotopic (exact) mass is 398 g/mol. The molecule has 0 aliphatic heterocycles. The summed E-state index contributed by atoms with van der Waals surface area (Å²) < 4.78 is 19.5. The predicted molar refractivity (Wildman–Crippen MR) is 105 cm³/mol. The molecule has 0 bridgehead atoms. The van der Waals surface area contributed by atoms with Gasteiger partial charge in [0, 0.05) is 28.4 Å². The quantitative estimate of drug-likeness (QED) is 0.336. The summed E-state index contributed by atoms with van der Waals surface area (Å²) in [6, 6.07) is 9.35. The second-order valence-electron chi connectivity index (χ2n) is 4.98. The Morgan fingerprint density at radius 2 is 1.96 bits per heavy atom. The molecule has 0 saturated heterocycles. The topological polar surface area (TPSA) is 97.2 Å². The van der Waals surface area contributed by atoms with Gasteiger partial charge in [-0.1, -0.05) is 29.4 Å². The summed E-state index contributed by atoms with van der Waals surface area (Å²) in [7, 11) is 0. The number of amidine groups is 1. The van der Waals surface area contributed by atoms with Gasteiger partial charge in [0.2, 0.25) is 0 Å². The standard InChI is InChI=1S/C16H16ClFN4OS2/c17-11-2-1-9(8-25-15(19)20)14(6-11)23-13-4-3-12(18)5-10(13)7-22-16(21)24/h1-6H,7-8H2,(H3,19,20)(H3,21,22,24). The summed E-state index contributed by atoms with van der Waals surface area (Å²) in [5.74, 6) is 1.00. The highest BCUT2D eigenvalue weighted by Crippen LogP contribution is 2.33. The van der Waals surface area contributed by atoms with Crippen LogP contribution in [0.3, 0.4) is 0 Å². The van der Waals surface area contributed by atoms with Crippen LogP contribution in [0.15, 0.2) is 36.4 Å². The molecular formula is C16H16ClFN4OS2. The molecule has 0 amide bonds. The van der Waals surface area contributed by atoms with Crippen LogP contribution in [-0.4, -0.2) is 10.3 Å². The molecule has 0 spiro atoms. The van der Waals surface area contributed by atoms with E-state index < -0.39 is 5.82 Å². The number of thiocarbonyl (C=S) groups is 1. The van der Waals surface area contributed by atoms with Crippen molar-refractivity contribution < 1.29 is 9.13 Å². The molecule has 0 aromatic heterocycles. The maximum atomic E-state index is 13.6. The van der Waals surface area contributed by atoms with Gasteiger partial charge in [-0.15, -0.1) is 0 Å². The number of ether oxygens (including phenoxy) is 1. The molecule has 132 valence electrons. The molecule has 0 radical (unpaired) electrons. The highest BCUT2D eigenvalue weighted by Gasteiger charge is 2.11. The van der Waals surface area contributed by atoms with Crippen molar-refractivity contribution in [2.75, 3.05) is 0 Å². The highest BCUT2D eigenvalue weighted by atomic mass is 35.5. The third kappa shape index (κ3) is 6.08. The minimum atomic E-state index is -0.398. The summed E-state index contributed by atoms with van der Waals surface area (Å²) in [6.45, 7) is 0.223. The number of benzene rings is 2. The summed E-state index contributed by atoms with van der Waals surface area (Å²) in [5.41, 5.74) is 12.2. The van der Waals surface area contributed by atoms with Crippen LogP contribution in [0.5, 0.6) is 11.5 Å². The Labute approximate surface area is 159 Å². The largest absolute Gasteiger partial charge is 0.457 e. The Kier molecular flexibility index (Phi) is 6.86. The van der Waals surface area contributed by atoms with Crippen molar-refractivity contribution in [1.29, 1.82) is 5.41 Å². The van der Waals surface area contributed by atoms with Gasteiger partial charge in [-0.05, 0) is 42.5 Å². The van der Waals surface area contributed by atoms with Crippen LogP contribution in [0, 0.1) is 11.2 Å². The molecule has 9 heteroatoms. The van der Waals surface area contributed by atoms with Gasteiger partial charge in [-0.25, -0.2) is 4.39 Å². The molecular weight excluding hydrogens is 383 g/mol. The molecule has 0 atom stereocenters. The Balaban J connectivity index is 2.30. The van der Waals surface area contributed by atoms with Gasteiger partial charge >= 0.3 is 0 Å². The highest BCUT2D eigenvalue weighted by molar-refractivity contribution is 8.13. The van der Waals surface area contributed by atoms with Crippen LogP contribution in [0.2, 0.25) is 5.02 Å². The number of hydrogen-bond acceptors (Lipinski definition) is 4.